The highest BCUT2D eigenvalue weighted by molar-refractivity contribution is 14.1. The average Bonchev–Trinajstić information content (AvgIpc) is 2.04. The molecule has 2 atom stereocenters. The van der Waals surface area contributed by atoms with Gasteiger partial charge in [0, 0.05) is 4.43 Å². The Hall–Kier alpha value is 0.160. The molecule has 0 rings (SSSR count). The molecule has 0 aromatic heterocycles. The fourth-order valence-corrected chi connectivity index (χ4v) is 1.17. The second kappa shape index (κ2) is 6.65. The molecule has 0 spiro atoms. The number of aliphatic hydroxyl groups is 1. The summed E-state index contributed by atoms with van der Waals surface area (Å²) in [6.07, 6.45) is 0.204. The lowest BCUT2D eigenvalue weighted by Gasteiger charge is -2.13. The summed E-state index contributed by atoms with van der Waals surface area (Å²) < 4.78 is 5.68. The van der Waals surface area contributed by atoms with Crippen LogP contribution in [0.2, 0.25) is 0 Å². The van der Waals surface area contributed by atoms with E-state index in [1.165, 1.54) is 0 Å². The molecule has 0 aliphatic carbocycles. The Bertz CT molecular complexity index is 138. The molecule has 0 aromatic carbocycles. The maximum absolute atomic E-state index is 11.0. The van der Waals surface area contributed by atoms with Gasteiger partial charge in [-0.05, 0) is 19.8 Å². The summed E-state index contributed by atoms with van der Waals surface area (Å²) in [5.74, 6) is -0.499. The normalized spacial score (nSPS) is 15.3. The van der Waals surface area contributed by atoms with E-state index in [0.29, 0.717) is 6.42 Å². The number of hydrogen-bond acceptors (Lipinski definition) is 3. The molecule has 2 unspecified atom stereocenters. The summed E-state index contributed by atoms with van der Waals surface area (Å²) in [6, 6.07) is 0. The number of ether oxygens (including phenoxy) is 1. The third kappa shape index (κ3) is 4.92. The zero-order valence-corrected chi connectivity index (χ0v) is 9.58. The maximum atomic E-state index is 11.0. The number of hydrogen-bond donors (Lipinski definition) is 1. The van der Waals surface area contributed by atoms with Crippen LogP contribution in [0.3, 0.4) is 0 Å². The van der Waals surface area contributed by atoms with E-state index < -0.39 is 12.1 Å². The first kappa shape index (κ1) is 12.2. The van der Waals surface area contributed by atoms with Crippen molar-refractivity contribution in [2.24, 2.45) is 0 Å². The van der Waals surface area contributed by atoms with Crippen molar-refractivity contribution in [2.75, 3.05) is 4.43 Å². The third-order valence-electron chi connectivity index (χ3n) is 1.55. The topological polar surface area (TPSA) is 46.5 Å². The van der Waals surface area contributed by atoms with Crippen molar-refractivity contribution >= 4 is 28.6 Å². The summed E-state index contributed by atoms with van der Waals surface area (Å²) in [7, 11) is 0. The summed E-state index contributed by atoms with van der Waals surface area (Å²) in [5, 5.41) is 9.18. The first-order valence-corrected chi connectivity index (χ1v) is 5.58. The number of esters is 1. The van der Waals surface area contributed by atoms with Crippen LogP contribution in [0.15, 0.2) is 0 Å². The zero-order valence-electron chi connectivity index (χ0n) is 7.42. The van der Waals surface area contributed by atoms with Gasteiger partial charge in [0.2, 0.25) is 0 Å². The van der Waals surface area contributed by atoms with E-state index in [0.717, 1.165) is 10.8 Å². The van der Waals surface area contributed by atoms with E-state index >= 15 is 0 Å². The first-order chi connectivity index (χ1) is 5.61. The number of alkyl halides is 1. The van der Waals surface area contributed by atoms with Gasteiger partial charge in [0.15, 0.2) is 6.10 Å². The van der Waals surface area contributed by atoms with Crippen LogP contribution in [-0.4, -0.2) is 27.7 Å². The molecular formula is C8H15IO3. The standard InChI is InChI=1S/C8H15IO3/c1-3-6(2)12-8(11)7(10)4-5-9/h6-7,10H,3-5H2,1-2H3. The Morgan fingerprint density at radius 1 is 1.67 bits per heavy atom. The molecule has 0 aliphatic heterocycles. The number of carbonyl (C=O) groups excluding carboxylic acids is 1. The Morgan fingerprint density at radius 2 is 2.25 bits per heavy atom. The lowest BCUT2D eigenvalue weighted by Crippen LogP contribution is -2.26. The van der Waals surface area contributed by atoms with E-state index in [1.54, 1.807) is 0 Å². The summed E-state index contributed by atoms with van der Waals surface area (Å²) >= 11 is 2.11. The van der Waals surface area contributed by atoms with Crippen LogP contribution in [-0.2, 0) is 9.53 Å². The Kier molecular flexibility index (Phi) is 6.74. The Labute approximate surface area is 86.6 Å². The second-order valence-corrected chi connectivity index (χ2v) is 3.73. The predicted octanol–water partition coefficient (Wildman–Crippen LogP) is 1.51. The Morgan fingerprint density at radius 3 is 2.67 bits per heavy atom. The van der Waals surface area contributed by atoms with Gasteiger partial charge >= 0.3 is 5.97 Å². The first-order valence-electron chi connectivity index (χ1n) is 4.06. The molecule has 0 heterocycles. The van der Waals surface area contributed by atoms with Gasteiger partial charge < -0.3 is 9.84 Å². The van der Waals surface area contributed by atoms with Crippen LogP contribution in [0.25, 0.3) is 0 Å². The molecule has 0 radical (unpaired) electrons. The molecule has 0 amide bonds. The number of aliphatic hydroxyl groups excluding tert-OH is 1. The van der Waals surface area contributed by atoms with Crippen molar-refractivity contribution < 1.29 is 14.6 Å². The van der Waals surface area contributed by atoms with E-state index in [2.05, 4.69) is 22.6 Å². The minimum Gasteiger partial charge on any atom is -0.461 e. The molecule has 0 aliphatic rings. The van der Waals surface area contributed by atoms with Crippen LogP contribution in [0.4, 0.5) is 0 Å². The van der Waals surface area contributed by atoms with Crippen molar-refractivity contribution in [3.05, 3.63) is 0 Å². The molecule has 0 aromatic rings. The molecule has 12 heavy (non-hydrogen) atoms. The molecule has 0 bridgehead atoms. The Balaban J connectivity index is 3.70. The zero-order chi connectivity index (χ0) is 9.56. The molecule has 3 nitrogen and oxygen atoms in total. The van der Waals surface area contributed by atoms with Crippen LogP contribution in [0, 0.1) is 0 Å². The molecule has 4 heteroatoms. The predicted molar refractivity (Wildman–Crippen MR) is 55.4 cm³/mol. The van der Waals surface area contributed by atoms with Crippen LogP contribution in [0.1, 0.15) is 26.7 Å². The van der Waals surface area contributed by atoms with Gasteiger partial charge in [-0.2, -0.15) is 0 Å². The minimum absolute atomic E-state index is 0.0960. The van der Waals surface area contributed by atoms with Gasteiger partial charge in [0.1, 0.15) is 0 Å². The third-order valence-corrected chi connectivity index (χ3v) is 2.17. The van der Waals surface area contributed by atoms with E-state index in [4.69, 9.17) is 4.74 Å². The summed E-state index contributed by atoms with van der Waals surface area (Å²) in [6.45, 7) is 3.75. The van der Waals surface area contributed by atoms with Crippen molar-refractivity contribution in [1.29, 1.82) is 0 Å². The molecule has 0 fully saturated rings. The van der Waals surface area contributed by atoms with Gasteiger partial charge in [0.25, 0.3) is 0 Å². The van der Waals surface area contributed by atoms with Crippen molar-refractivity contribution in [1.82, 2.24) is 0 Å². The summed E-state index contributed by atoms with van der Waals surface area (Å²) in [5.41, 5.74) is 0. The van der Waals surface area contributed by atoms with Crippen LogP contribution < -0.4 is 0 Å². The monoisotopic (exact) mass is 286 g/mol. The second-order valence-electron chi connectivity index (χ2n) is 2.65. The molecule has 0 saturated heterocycles. The van der Waals surface area contributed by atoms with Gasteiger partial charge in [-0.3, -0.25) is 0 Å². The van der Waals surface area contributed by atoms with Crippen molar-refractivity contribution in [3.63, 3.8) is 0 Å². The smallest absolute Gasteiger partial charge is 0.335 e. The van der Waals surface area contributed by atoms with E-state index in [-0.39, 0.29) is 6.10 Å². The average molecular weight is 286 g/mol. The maximum Gasteiger partial charge on any atom is 0.335 e. The number of halogens is 1. The van der Waals surface area contributed by atoms with Crippen molar-refractivity contribution in [3.8, 4) is 0 Å². The number of carbonyl (C=O) groups is 1. The van der Waals surface area contributed by atoms with Gasteiger partial charge in [0.05, 0.1) is 6.10 Å². The van der Waals surface area contributed by atoms with E-state index in [9.17, 15) is 9.90 Å². The van der Waals surface area contributed by atoms with Gasteiger partial charge in [-0.15, -0.1) is 0 Å². The largest absolute Gasteiger partial charge is 0.461 e. The lowest BCUT2D eigenvalue weighted by molar-refractivity contribution is -0.158. The van der Waals surface area contributed by atoms with Gasteiger partial charge in [-0.25, -0.2) is 4.79 Å². The fraction of sp³-hybridized carbons (Fsp3) is 0.875. The summed E-state index contributed by atoms with van der Waals surface area (Å²) in [4.78, 5) is 11.0. The van der Waals surface area contributed by atoms with Gasteiger partial charge in [-0.1, -0.05) is 29.5 Å². The highest BCUT2D eigenvalue weighted by atomic mass is 127. The van der Waals surface area contributed by atoms with E-state index in [1.807, 2.05) is 13.8 Å². The number of rotatable bonds is 5. The molecule has 72 valence electrons. The molecule has 1 N–H and O–H groups in total. The minimum atomic E-state index is -0.948. The van der Waals surface area contributed by atoms with Crippen LogP contribution >= 0.6 is 22.6 Å². The molecule has 0 saturated carbocycles. The lowest BCUT2D eigenvalue weighted by atomic mass is 10.3. The SMILES string of the molecule is CCC(C)OC(=O)C(O)CCI. The highest BCUT2D eigenvalue weighted by Gasteiger charge is 2.17. The quantitative estimate of drug-likeness (QED) is 0.473. The molecular weight excluding hydrogens is 271 g/mol. The van der Waals surface area contributed by atoms with Crippen LogP contribution in [0.5, 0.6) is 0 Å². The fourth-order valence-electron chi connectivity index (χ4n) is 0.581. The van der Waals surface area contributed by atoms with Crippen molar-refractivity contribution in [2.45, 2.75) is 38.9 Å². The highest BCUT2D eigenvalue weighted by Crippen LogP contribution is 2.03.